The summed E-state index contributed by atoms with van der Waals surface area (Å²) in [4.78, 5) is 14.0. The molecule has 0 fully saturated rings. The Morgan fingerprint density at radius 2 is 1.81 bits per heavy atom. The quantitative estimate of drug-likeness (QED) is 0.706. The number of sulfonamides is 1. The molecule has 0 saturated heterocycles. The van der Waals surface area contributed by atoms with Crippen molar-refractivity contribution < 1.29 is 13.2 Å². The van der Waals surface area contributed by atoms with Crippen LogP contribution in [-0.4, -0.2) is 21.0 Å². The van der Waals surface area contributed by atoms with Crippen molar-refractivity contribution in [3.63, 3.8) is 0 Å². The molecule has 0 atom stereocenters. The van der Waals surface area contributed by atoms with E-state index in [9.17, 15) is 13.2 Å². The average molecular weight is 407 g/mol. The summed E-state index contributed by atoms with van der Waals surface area (Å²) in [5, 5.41) is 1.37. The van der Waals surface area contributed by atoms with Gasteiger partial charge in [-0.15, -0.1) is 0 Å². The van der Waals surface area contributed by atoms with Gasteiger partial charge in [0.25, 0.3) is 10.0 Å². The number of aryl methyl sites for hydroxylation is 1. The van der Waals surface area contributed by atoms with E-state index in [4.69, 9.17) is 11.6 Å². The molecule has 2 rings (SSSR count). The molecule has 0 aliphatic heterocycles. The van der Waals surface area contributed by atoms with Crippen molar-refractivity contribution in [2.24, 2.45) is 0 Å². The van der Waals surface area contributed by atoms with Gasteiger partial charge in [-0.05, 0) is 43.2 Å². The first-order chi connectivity index (χ1) is 12.8. The van der Waals surface area contributed by atoms with Gasteiger partial charge in [0.15, 0.2) is 0 Å². The fourth-order valence-electron chi connectivity index (χ4n) is 2.37. The Balaban J connectivity index is 2.17. The van der Waals surface area contributed by atoms with E-state index in [1.165, 1.54) is 11.0 Å². The lowest BCUT2D eigenvalue weighted by molar-refractivity contribution is 0.251. The zero-order valence-electron chi connectivity index (χ0n) is 15.4. The standard InChI is InChI=1S/C20H23ClN2O3S/c1-3-4-14-23(18-11-9-16(2)10-12-18)20(24)22-27(25,26)15-13-17-7-5-6-8-19(17)21/h5-13,15H,3-4,14H2,1-2H3,(H,22,24). The molecular formula is C20H23ClN2O3S. The molecule has 2 amide bonds. The summed E-state index contributed by atoms with van der Waals surface area (Å²) < 4.78 is 26.7. The second kappa shape index (κ2) is 9.58. The van der Waals surface area contributed by atoms with Gasteiger partial charge in [-0.1, -0.05) is 60.8 Å². The third-order valence-electron chi connectivity index (χ3n) is 3.89. The van der Waals surface area contributed by atoms with Crippen molar-refractivity contribution in [1.29, 1.82) is 0 Å². The van der Waals surface area contributed by atoms with Crippen LogP contribution in [0.5, 0.6) is 0 Å². The first kappa shape index (κ1) is 21.0. The second-order valence-corrected chi connectivity index (χ2v) is 8.09. The fraction of sp³-hybridized carbons (Fsp3) is 0.250. The maximum atomic E-state index is 12.6. The van der Waals surface area contributed by atoms with Gasteiger partial charge in [0.05, 0.1) is 5.41 Å². The summed E-state index contributed by atoms with van der Waals surface area (Å²) in [6.07, 6.45) is 3.01. The van der Waals surface area contributed by atoms with E-state index >= 15 is 0 Å². The van der Waals surface area contributed by atoms with E-state index in [2.05, 4.69) is 4.72 Å². The Kier molecular flexibility index (Phi) is 7.45. The van der Waals surface area contributed by atoms with Crippen LogP contribution in [0.1, 0.15) is 30.9 Å². The van der Waals surface area contributed by atoms with Gasteiger partial charge in [0.2, 0.25) is 0 Å². The van der Waals surface area contributed by atoms with Gasteiger partial charge in [-0.2, -0.15) is 0 Å². The monoisotopic (exact) mass is 406 g/mol. The third-order valence-corrected chi connectivity index (χ3v) is 5.19. The van der Waals surface area contributed by atoms with Crippen LogP contribution in [0.25, 0.3) is 6.08 Å². The topological polar surface area (TPSA) is 66.5 Å². The van der Waals surface area contributed by atoms with Gasteiger partial charge in [-0.3, -0.25) is 4.90 Å². The van der Waals surface area contributed by atoms with Crippen LogP contribution in [0.15, 0.2) is 53.9 Å². The fourth-order valence-corrected chi connectivity index (χ4v) is 3.32. The predicted octanol–water partition coefficient (Wildman–Crippen LogP) is 4.97. The third kappa shape index (κ3) is 6.41. The zero-order chi connectivity index (χ0) is 19.9. The lowest BCUT2D eigenvalue weighted by Crippen LogP contribution is -2.42. The highest BCUT2D eigenvalue weighted by Crippen LogP contribution is 2.18. The van der Waals surface area contributed by atoms with Crippen molar-refractivity contribution in [3.05, 3.63) is 70.1 Å². The number of carbonyl (C=O) groups is 1. The van der Waals surface area contributed by atoms with Crippen molar-refractivity contribution in [3.8, 4) is 0 Å². The molecule has 144 valence electrons. The Bertz CT molecular complexity index is 909. The summed E-state index contributed by atoms with van der Waals surface area (Å²) in [6, 6.07) is 13.5. The van der Waals surface area contributed by atoms with Crippen molar-refractivity contribution in [2.75, 3.05) is 11.4 Å². The van der Waals surface area contributed by atoms with Gasteiger partial charge in [0.1, 0.15) is 0 Å². The van der Waals surface area contributed by atoms with E-state index < -0.39 is 16.1 Å². The SMILES string of the molecule is CCCCN(C(=O)NS(=O)(=O)C=Cc1ccccc1Cl)c1ccc(C)cc1. The highest BCUT2D eigenvalue weighted by Gasteiger charge is 2.19. The Morgan fingerprint density at radius 1 is 1.15 bits per heavy atom. The lowest BCUT2D eigenvalue weighted by atomic mass is 10.2. The number of rotatable bonds is 7. The second-order valence-electron chi connectivity index (χ2n) is 6.12. The van der Waals surface area contributed by atoms with Gasteiger partial charge >= 0.3 is 6.03 Å². The Hall–Kier alpha value is -2.31. The molecule has 0 spiro atoms. The molecule has 0 unspecified atom stereocenters. The molecule has 5 nitrogen and oxygen atoms in total. The molecule has 7 heteroatoms. The minimum absolute atomic E-state index is 0.426. The molecule has 2 aromatic rings. The van der Waals surface area contributed by atoms with Crippen molar-refractivity contribution >= 4 is 39.4 Å². The minimum atomic E-state index is -3.96. The van der Waals surface area contributed by atoms with Crippen LogP contribution >= 0.6 is 11.6 Å². The number of halogens is 1. The highest BCUT2D eigenvalue weighted by molar-refractivity contribution is 7.93. The molecule has 0 heterocycles. The number of amides is 2. The molecule has 27 heavy (non-hydrogen) atoms. The summed E-state index contributed by atoms with van der Waals surface area (Å²) in [5.41, 5.74) is 2.26. The molecule has 0 aromatic heterocycles. The van der Waals surface area contributed by atoms with E-state index in [0.29, 0.717) is 22.8 Å². The van der Waals surface area contributed by atoms with E-state index in [-0.39, 0.29) is 0 Å². The average Bonchev–Trinajstić information content (AvgIpc) is 2.62. The van der Waals surface area contributed by atoms with Crippen LogP contribution < -0.4 is 9.62 Å². The van der Waals surface area contributed by atoms with Crippen LogP contribution in [-0.2, 0) is 10.0 Å². The smallest absolute Gasteiger partial charge is 0.294 e. The van der Waals surface area contributed by atoms with Gasteiger partial charge in [0, 0.05) is 17.3 Å². The summed E-state index contributed by atoms with van der Waals surface area (Å²) in [7, 11) is -3.96. The van der Waals surface area contributed by atoms with Crippen LogP contribution in [0.3, 0.4) is 0 Å². The Morgan fingerprint density at radius 3 is 2.44 bits per heavy atom. The van der Waals surface area contributed by atoms with Crippen LogP contribution in [0, 0.1) is 6.92 Å². The maximum Gasteiger partial charge on any atom is 0.335 e. The number of anilines is 1. The van der Waals surface area contributed by atoms with Crippen LogP contribution in [0.2, 0.25) is 5.02 Å². The molecule has 0 aliphatic carbocycles. The number of hydrogen-bond donors (Lipinski definition) is 1. The number of urea groups is 1. The van der Waals surface area contributed by atoms with E-state index in [1.54, 1.807) is 36.4 Å². The number of hydrogen-bond acceptors (Lipinski definition) is 3. The molecule has 0 aliphatic rings. The number of unbranched alkanes of at least 4 members (excludes halogenated alkanes) is 1. The zero-order valence-corrected chi connectivity index (χ0v) is 16.9. The molecule has 1 N–H and O–H groups in total. The summed E-state index contributed by atoms with van der Waals surface area (Å²) in [5.74, 6) is 0. The summed E-state index contributed by atoms with van der Waals surface area (Å²) in [6.45, 7) is 4.38. The maximum absolute atomic E-state index is 12.6. The molecular weight excluding hydrogens is 384 g/mol. The van der Waals surface area contributed by atoms with E-state index in [0.717, 1.165) is 23.8 Å². The van der Waals surface area contributed by atoms with E-state index in [1.807, 2.05) is 26.0 Å². The van der Waals surface area contributed by atoms with Crippen molar-refractivity contribution in [2.45, 2.75) is 26.7 Å². The predicted molar refractivity (Wildman–Crippen MR) is 111 cm³/mol. The highest BCUT2D eigenvalue weighted by atomic mass is 35.5. The summed E-state index contributed by atoms with van der Waals surface area (Å²) >= 11 is 6.02. The molecule has 0 radical (unpaired) electrons. The molecule has 0 bridgehead atoms. The van der Waals surface area contributed by atoms with Gasteiger partial charge in [-0.25, -0.2) is 17.9 Å². The number of nitrogens with zero attached hydrogens (tertiary/aromatic N) is 1. The van der Waals surface area contributed by atoms with Crippen molar-refractivity contribution in [1.82, 2.24) is 4.72 Å². The first-order valence-electron chi connectivity index (χ1n) is 8.66. The van der Waals surface area contributed by atoms with Gasteiger partial charge < -0.3 is 0 Å². The first-order valence-corrected chi connectivity index (χ1v) is 10.6. The van der Waals surface area contributed by atoms with Crippen LogP contribution in [0.4, 0.5) is 10.5 Å². The Labute approximate surface area is 165 Å². The molecule has 2 aromatic carbocycles. The normalized spacial score (nSPS) is 11.5. The minimum Gasteiger partial charge on any atom is -0.294 e. The number of nitrogens with one attached hydrogen (secondary N) is 1. The number of carbonyl (C=O) groups excluding carboxylic acids is 1. The molecule has 0 saturated carbocycles. The largest absolute Gasteiger partial charge is 0.335 e. The number of benzene rings is 2. The lowest BCUT2D eigenvalue weighted by Gasteiger charge is -2.22.